The highest BCUT2D eigenvalue weighted by atomic mass is 16.7. The van der Waals surface area contributed by atoms with Crippen LogP contribution in [0.5, 0.6) is 11.5 Å². The summed E-state index contributed by atoms with van der Waals surface area (Å²) in [6.07, 6.45) is 1.59. The van der Waals surface area contributed by atoms with Crippen LogP contribution in [0.1, 0.15) is 34.3 Å². The second kappa shape index (κ2) is 7.16. The summed E-state index contributed by atoms with van der Waals surface area (Å²) in [6.45, 7) is 2.18. The first-order valence-corrected chi connectivity index (χ1v) is 10.2. The number of aryl methyl sites for hydroxylation is 1. The summed E-state index contributed by atoms with van der Waals surface area (Å²) >= 11 is 0. The molecule has 0 bridgehead atoms. The lowest BCUT2D eigenvalue weighted by Crippen LogP contribution is -2.28. The van der Waals surface area contributed by atoms with E-state index >= 15 is 0 Å². The number of rotatable bonds is 5. The Labute approximate surface area is 180 Å². The Balaban J connectivity index is 1.40. The van der Waals surface area contributed by atoms with Gasteiger partial charge in [-0.3, -0.25) is 9.59 Å². The number of carbonyl (C=O) groups is 2. The molecule has 0 atom stereocenters. The summed E-state index contributed by atoms with van der Waals surface area (Å²) in [7, 11) is 0. The molecule has 3 N–H and O–H groups in total. The molecule has 3 aromatic rings. The lowest BCUT2D eigenvalue weighted by atomic mass is 9.94. The fourth-order valence-electron chi connectivity index (χ4n) is 3.97. The van der Waals surface area contributed by atoms with Crippen LogP contribution >= 0.6 is 0 Å². The molecule has 1 fully saturated rings. The molecule has 5 rings (SSSR count). The first-order chi connectivity index (χ1) is 15.0. The number of ether oxygens (including phenoxy) is 2. The summed E-state index contributed by atoms with van der Waals surface area (Å²) < 4.78 is 10.9. The lowest BCUT2D eigenvalue weighted by Gasteiger charge is -2.18. The molecule has 0 radical (unpaired) electrons. The van der Waals surface area contributed by atoms with Crippen molar-refractivity contribution in [3.05, 3.63) is 77.4 Å². The minimum Gasteiger partial charge on any atom is -0.454 e. The SMILES string of the molecule is Cc1ccc(-c2ccc(C(N)=O)cc2)cc1NC(=O)C1(c2ccc3c(c2)OCO3)CC1. The summed E-state index contributed by atoms with van der Waals surface area (Å²) in [5.74, 6) is 0.928. The molecule has 156 valence electrons. The van der Waals surface area contributed by atoms with Crippen LogP contribution in [0.25, 0.3) is 11.1 Å². The molecule has 1 saturated carbocycles. The normalized spacial score (nSPS) is 15.4. The van der Waals surface area contributed by atoms with Crippen LogP contribution in [0, 0.1) is 6.92 Å². The van der Waals surface area contributed by atoms with E-state index in [0.29, 0.717) is 17.1 Å². The van der Waals surface area contributed by atoms with Gasteiger partial charge in [-0.25, -0.2) is 0 Å². The zero-order valence-electron chi connectivity index (χ0n) is 17.1. The summed E-state index contributed by atoms with van der Waals surface area (Å²) in [4.78, 5) is 24.6. The van der Waals surface area contributed by atoms with Crippen molar-refractivity contribution >= 4 is 17.5 Å². The molecule has 0 unspecified atom stereocenters. The van der Waals surface area contributed by atoms with Crippen molar-refractivity contribution in [3.63, 3.8) is 0 Å². The monoisotopic (exact) mass is 414 g/mol. The molecule has 31 heavy (non-hydrogen) atoms. The van der Waals surface area contributed by atoms with Crippen molar-refractivity contribution in [1.29, 1.82) is 0 Å². The Bertz CT molecular complexity index is 1200. The Morgan fingerprint density at radius 1 is 0.903 bits per heavy atom. The number of amides is 2. The van der Waals surface area contributed by atoms with Crippen molar-refractivity contribution in [2.24, 2.45) is 5.73 Å². The van der Waals surface area contributed by atoms with E-state index in [4.69, 9.17) is 15.2 Å². The van der Waals surface area contributed by atoms with E-state index < -0.39 is 11.3 Å². The first kappa shape index (κ1) is 19.2. The number of anilines is 1. The van der Waals surface area contributed by atoms with E-state index in [1.165, 1.54) is 0 Å². The van der Waals surface area contributed by atoms with Gasteiger partial charge in [0.1, 0.15) is 0 Å². The number of primary amides is 1. The molecule has 1 heterocycles. The Hall–Kier alpha value is -3.80. The molecule has 6 nitrogen and oxygen atoms in total. The maximum Gasteiger partial charge on any atom is 0.248 e. The summed E-state index contributed by atoms with van der Waals surface area (Å²) in [6, 6.07) is 18.8. The molecule has 2 amide bonds. The first-order valence-electron chi connectivity index (χ1n) is 10.2. The maximum atomic E-state index is 13.3. The Morgan fingerprint density at radius 2 is 1.61 bits per heavy atom. The molecule has 0 aromatic heterocycles. The number of nitrogens with two attached hydrogens (primary N) is 1. The van der Waals surface area contributed by atoms with Gasteiger partial charge in [-0.1, -0.05) is 30.3 Å². The van der Waals surface area contributed by atoms with Crippen molar-refractivity contribution in [3.8, 4) is 22.6 Å². The van der Waals surface area contributed by atoms with Gasteiger partial charge in [0.2, 0.25) is 18.6 Å². The number of carbonyl (C=O) groups excluding carboxylic acids is 2. The van der Waals surface area contributed by atoms with Gasteiger partial charge in [0.15, 0.2) is 11.5 Å². The van der Waals surface area contributed by atoms with Gasteiger partial charge < -0.3 is 20.5 Å². The number of hydrogen-bond donors (Lipinski definition) is 2. The predicted molar refractivity (Wildman–Crippen MR) is 117 cm³/mol. The zero-order chi connectivity index (χ0) is 21.6. The molecule has 1 aliphatic carbocycles. The van der Waals surface area contributed by atoms with E-state index in [1.807, 2.05) is 55.5 Å². The third kappa shape index (κ3) is 3.40. The van der Waals surface area contributed by atoms with E-state index in [0.717, 1.165) is 40.8 Å². The number of benzene rings is 3. The molecule has 3 aromatic carbocycles. The minimum atomic E-state index is -0.535. The highest BCUT2D eigenvalue weighted by molar-refractivity contribution is 6.02. The van der Waals surface area contributed by atoms with Gasteiger partial charge >= 0.3 is 0 Å². The molecule has 1 aliphatic heterocycles. The van der Waals surface area contributed by atoms with Crippen LogP contribution in [-0.4, -0.2) is 18.6 Å². The third-order valence-electron chi connectivity index (χ3n) is 6.10. The Kier molecular flexibility index (Phi) is 4.43. The second-order valence-electron chi connectivity index (χ2n) is 8.08. The third-order valence-corrected chi connectivity index (χ3v) is 6.10. The van der Waals surface area contributed by atoms with Gasteiger partial charge in [-0.2, -0.15) is 0 Å². The summed E-state index contributed by atoms with van der Waals surface area (Å²) in [5.41, 5.74) is 9.84. The maximum absolute atomic E-state index is 13.3. The van der Waals surface area contributed by atoms with E-state index in [9.17, 15) is 9.59 Å². The lowest BCUT2D eigenvalue weighted by molar-refractivity contribution is -0.118. The number of fused-ring (bicyclic) bond motifs is 1. The van der Waals surface area contributed by atoms with Gasteiger partial charge in [0.05, 0.1) is 5.41 Å². The standard InChI is InChI=1S/C25H22N2O4/c1-15-2-3-18(16-4-6-17(7-5-16)23(26)28)12-20(15)27-24(29)25(10-11-25)19-8-9-21-22(13-19)31-14-30-21/h2-9,12-13H,10-11,14H2,1H3,(H2,26,28)(H,27,29). The van der Waals surface area contributed by atoms with Crippen molar-refractivity contribution in [1.82, 2.24) is 0 Å². The topological polar surface area (TPSA) is 90.7 Å². The van der Waals surface area contributed by atoms with Gasteiger partial charge in [0, 0.05) is 11.3 Å². The molecular weight excluding hydrogens is 392 g/mol. The van der Waals surface area contributed by atoms with E-state index in [1.54, 1.807) is 12.1 Å². The molecule has 0 saturated heterocycles. The van der Waals surface area contributed by atoms with Crippen molar-refractivity contribution in [2.75, 3.05) is 12.1 Å². The van der Waals surface area contributed by atoms with Crippen molar-refractivity contribution in [2.45, 2.75) is 25.2 Å². The van der Waals surface area contributed by atoms with E-state index in [2.05, 4.69) is 5.32 Å². The van der Waals surface area contributed by atoms with Gasteiger partial charge in [-0.15, -0.1) is 0 Å². The Morgan fingerprint density at radius 3 is 2.32 bits per heavy atom. The van der Waals surface area contributed by atoms with Crippen LogP contribution < -0.4 is 20.5 Å². The molecule has 0 spiro atoms. The molecular formula is C25H22N2O4. The number of hydrogen-bond acceptors (Lipinski definition) is 4. The van der Waals surface area contributed by atoms with Crippen LogP contribution in [0.4, 0.5) is 5.69 Å². The molecule has 2 aliphatic rings. The predicted octanol–water partition coefficient (Wildman–Crippen LogP) is 4.16. The minimum absolute atomic E-state index is 0.0179. The highest BCUT2D eigenvalue weighted by Crippen LogP contribution is 2.51. The van der Waals surface area contributed by atoms with Crippen LogP contribution in [0.15, 0.2) is 60.7 Å². The largest absolute Gasteiger partial charge is 0.454 e. The van der Waals surface area contributed by atoms with Crippen LogP contribution in [0.2, 0.25) is 0 Å². The number of nitrogens with one attached hydrogen (secondary N) is 1. The van der Waals surface area contributed by atoms with E-state index in [-0.39, 0.29) is 12.7 Å². The zero-order valence-corrected chi connectivity index (χ0v) is 17.1. The van der Waals surface area contributed by atoms with Gasteiger partial charge in [-0.05, 0) is 72.4 Å². The van der Waals surface area contributed by atoms with Crippen molar-refractivity contribution < 1.29 is 19.1 Å². The highest BCUT2D eigenvalue weighted by Gasteiger charge is 2.51. The van der Waals surface area contributed by atoms with Crippen LogP contribution in [0.3, 0.4) is 0 Å². The smallest absolute Gasteiger partial charge is 0.248 e. The van der Waals surface area contributed by atoms with Crippen LogP contribution in [-0.2, 0) is 10.2 Å². The summed E-state index contributed by atoms with van der Waals surface area (Å²) in [5, 5.41) is 3.13. The average molecular weight is 414 g/mol. The second-order valence-corrected chi connectivity index (χ2v) is 8.08. The fourth-order valence-corrected chi connectivity index (χ4v) is 3.97. The quantitative estimate of drug-likeness (QED) is 0.656. The average Bonchev–Trinajstić information content (AvgIpc) is 3.46. The molecule has 6 heteroatoms. The van der Waals surface area contributed by atoms with Gasteiger partial charge in [0.25, 0.3) is 0 Å². The fraction of sp³-hybridized carbons (Fsp3) is 0.200.